The molecule has 3 aromatic carbocycles. The molecule has 0 saturated heterocycles. The van der Waals surface area contributed by atoms with Crippen molar-refractivity contribution in [2.45, 2.75) is 33.1 Å². The van der Waals surface area contributed by atoms with Gasteiger partial charge in [0.25, 0.3) is 0 Å². The first-order valence-electron chi connectivity index (χ1n) is 11.4. The van der Waals surface area contributed by atoms with Crippen LogP contribution in [0.2, 0.25) is 0 Å². The number of carbonyl (C=O) groups is 1. The molecule has 0 saturated carbocycles. The van der Waals surface area contributed by atoms with E-state index in [2.05, 4.69) is 43.3 Å². The molecule has 3 aromatic rings. The SMILES string of the molecule is CC(C)CCC(=NOCCOc1cccc(CC(=O)O)c1F)c1ccc(-c2ccccc2)cc1. The van der Waals surface area contributed by atoms with Crippen LogP contribution in [0.25, 0.3) is 11.1 Å². The minimum absolute atomic E-state index is 0.00265. The summed E-state index contributed by atoms with van der Waals surface area (Å²) in [7, 11) is 0. The number of hydrogen-bond donors (Lipinski definition) is 1. The number of ether oxygens (including phenoxy) is 1. The van der Waals surface area contributed by atoms with Crippen LogP contribution in [0.4, 0.5) is 4.39 Å². The van der Waals surface area contributed by atoms with Crippen molar-refractivity contribution in [1.82, 2.24) is 0 Å². The fourth-order valence-electron chi connectivity index (χ4n) is 3.43. The van der Waals surface area contributed by atoms with Crippen molar-refractivity contribution in [2.75, 3.05) is 13.2 Å². The van der Waals surface area contributed by atoms with E-state index in [1.54, 1.807) is 6.07 Å². The molecule has 0 bridgehead atoms. The molecule has 0 aliphatic rings. The van der Waals surface area contributed by atoms with Crippen molar-refractivity contribution in [2.24, 2.45) is 11.1 Å². The molecule has 0 aromatic heterocycles. The number of nitrogens with zero attached hydrogens (tertiary/aromatic N) is 1. The van der Waals surface area contributed by atoms with Gasteiger partial charge in [0.1, 0.15) is 6.61 Å². The van der Waals surface area contributed by atoms with E-state index in [0.717, 1.165) is 35.2 Å². The van der Waals surface area contributed by atoms with Crippen molar-refractivity contribution >= 4 is 11.7 Å². The molecule has 0 amide bonds. The predicted octanol–water partition coefficient (Wildman–Crippen LogP) is 6.36. The fourth-order valence-corrected chi connectivity index (χ4v) is 3.43. The number of rotatable bonds is 12. The van der Waals surface area contributed by atoms with Crippen molar-refractivity contribution in [1.29, 1.82) is 0 Å². The first-order chi connectivity index (χ1) is 16.4. The van der Waals surface area contributed by atoms with E-state index in [1.165, 1.54) is 12.1 Å². The second-order valence-electron chi connectivity index (χ2n) is 8.40. The molecule has 0 unspecified atom stereocenters. The third-order valence-corrected chi connectivity index (χ3v) is 5.28. The summed E-state index contributed by atoms with van der Waals surface area (Å²) in [5.74, 6) is -1.23. The molecule has 0 atom stereocenters. The smallest absolute Gasteiger partial charge is 0.307 e. The number of oxime groups is 1. The van der Waals surface area contributed by atoms with Crippen LogP contribution in [0, 0.1) is 11.7 Å². The first-order valence-corrected chi connectivity index (χ1v) is 11.4. The Morgan fingerprint density at radius 2 is 1.65 bits per heavy atom. The fraction of sp³-hybridized carbons (Fsp3) is 0.286. The largest absolute Gasteiger partial charge is 0.487 e. The lowest BCUT2D eigenvalue weighted by molar-refractivity contribution is -0.136. The Balaban J connectivity index is 1.61. The quantitative estimate of drug-likeness (QED) is 0.193. The van der Waals surface area contributed by atoms with Gasteiger partial charge in [0, 0.05) is 5.56 Å². The van der Waals surface area contributed by atoms with Crippen LogP contribution < -0.4 is 4.74 Å². The number of halogens is 1. The Bertz CT molecular complexity index is 1100. The Hall–Kier alpha value is -3.67. The van der Waals surface area contributed by atoms with Crippen LogP contribution in [0.3, 0.4) is 0 Å². The summed E-state index contributed by atoms with van der Waals surface area (Å²) in [4.78, 5) is 16.4. The minimum atomic E-state index is -1.10. The molecule has 0 fully saturated rings. The van der Waals surface area contributed by atoms with Gasteiger partial charge in [-0.1, -0.05) is 85.7 Å². The summed E-state index contributed by atoms with van der Waals surface area (Å²) in [5, 5.41) is 13.2. The standard InChI is InChI=1S/C28H30FNO4/c1-20(2)11-16-25(23-14-12-22(13-15-23)21-7-4-3-5-8-21)30-34-18-17-33-26-10-6-9-24(28(26)29)19-27(31)32/h3-10,12-15,20H,11,16-19H2,1-2H3,(H,31,32). The number of hydrogen-bond acceptors (Lipinski definition) is 4. The van der Waals surface area contributed by atoms with E-state index in [1.807, 2.05) is 30.3 Å². The molecule has 0 heterocycles. The summed E-state index contributed by atoms with van der Waals surface area (Å²) < 4.78 is 19.8. The lowest BCUT2D eigenvalue weighted by atomic mass is 9.98. The molecule has 1 N–H and O–H groups in total. The van der Waals surface area contributed by atoms with Gasteiger partial charge in [0.2, 0.25) is 0 Å². The molecule has 178 valence electrons. The third-order valence-electron chi connectivity index (χ3n) is 5.28. The second kappa shape index (κ2) is 12.5. The van der Waals surface area contributed by atoms with Gasteiger partial charge in [-0.25, -0.2) is 4.39 Å². The van der Waals surface area contributed by atoms with Gasteiger partial charge >= 0.3 is 5.97 Å². The molecule has 34 heavy (non-hydrogen) atoms. The first kappa shape index (κ1) is 25.0. The van der Waals surface area contributed by atoms with Crippen LogP contribution in [-0.4, -0.2) is 30.0 Å². The summed E-state index contributed by atoms with van der Waals surface area (Å²) in [6.07, 6.45) is 1.35. The van der Waals surface area contributed by atoms with Crippen LogP contribution in [0.5, 0.6) is 5.75 Å². The van der Waals surface area contributed by atoms with Crippen molar-refractivity contribution < 1.29 is 23.9 Å². The molecule has 6 heteroatoms. The van der Waals surface area contributed by atoms with Gasteiger partial charge < -0.3 is 14.7 Å². The highest BCUT2D eigenvalue weighted by atomic mass is 19.1. The minimum Gasteiger partial charge on any atom is -0.487 e. The number of carboxylic acid groups (broad SMARTS) is 1. The average molecular weight is 464 g/mol. The molecule has 5 nitrogen and oxygen atoms in total. The van der Waals surface area contributed by atoms with Crippen LogP contribution in [0.1, 0.15) is 37.8 Å². The van der Waals surface area contributed by atoms with E-state index in [-0.39, 0.29) is 24.5 Å². The van der Waals surface area contributed by atoms with Gasteiger partial charge in [-0.3, -0.25) is 4.79 Å². The highest BCUT2D eigenvalue weighted by Gasteiger charge is 2.12. The molecule has 0 aliphatic carbocycles. The Morgan fingerprint density at radius 1 is 0.941 bits per heavy atom. The van der Waals surface area contributed by atoms with E-state index < -0.39 is 18.2 Å². The van der Waals surface area contributed by atoms with Gasteiger partial charge in [0.05, 0.1) is 12.1 Å². The lowest BCUT2D eigenvalue weighted by Gasteiger charge is -2.11. The maximum atomic E-state index is 14.4. The number of aliphatic carboxylic acids is 1. The molecule has 0 aliphatic heterocycles. The van der Waals surface area contributed by atoms with E-state index in [9.17, 15) is 9.18 Å². The topological polar surface area (TPSA) is 68.1 Å². The van der Waals surface area contributed by atoms with Crippen molar-refractivity contribution in [3.8, 4) is 16.9 Å². The summed E-state index contributed by atoms with van der Waals surface area (Å²) in [6.45, 7) is 4.55. The van der Waals surface area contributed by atoms with Crippen LogP contribution >= 0.6 is 0 Å². The van der Waals surface area contributed by atoms with Gasteiger partial charge in [0.15, 0.2) is 18.2 Å². The van der Waals surface area contributed by atoms with Gasteiger partial charge in [-0.2, -0.15) is 0 Å². The van der Waals surface area contributed by atoms with Gasteiger partial charge in [-0.15, -0.1) is 0 Å². The zero-order chi connectivity index (χ0) is 24.3. The molecular weight excluding hydrogens is 433 g/mol. The van der Waals surface area contributed by atoms with E-state index in [0.29, 0.717) is 5.92 Å². The maximum Gasteiger partial charge on any atom is 0.307 e. The molecule has 3 rings (SSSR count). The highest BCUT2D eigenvalue weighted by molar-refractivity contribution is 6.00. The normalized spacial score (nSPS) is 11.5. The lowest BCUT2D eigenvalue weighted by Crippen LogP contribution is -2.10. The molecular formula is C28H30FNO4. The summed E-state index contributed by atoms with van der Waals surface area (Å²) in [6, 6.07) is 22.9. The Labute approximate surface area is 199 Å². The Kier molecular flexibility index (Phi) is 9.21. The third kappa shape index (κ3) is 7.44. The monoisotopic (exact) mass is 463 g/mol. The molecule has 0 radical (unpaired) electrons. The summed E-state index contributed by atoms with van der Waals surface area (Å²) >= 11 is 0. The Morgan fingerprint density at radius 3 is 2.32 bits per heavy atom. The summed E-state index contributed by atoms with van der Waals surface area (Å²) in [5.41, 5.74) is 4.22. The van der Waals surface area contributed by atoms with Crippen molar-refractivity contribution in [3.63, 3.8) is 0 Å². The second-order valence-corrected chi connectivity index (χ2v) is 8.40. The number of benzene rings is 3. The zero-order valence-electron chi connectivity index (χ0n) is 19.5. The van der Waals surface area contributed by atoms with E-state index in [4.69, 9.17) is 14.7 Å². The molecule has 0 spiro atoms. The van der Waals surface area contributed by atoms with Crippen molar-refractivity contribution in [3.05, 3.63) is 89.7 Å². The van der Waals surface area contributed by atoms with Gasteiger partial charge in [-0.05, 0) is 41.5 Å². The highest BCUT2D eigenvalue weighted by Crippen LogP contribution is 2.22. The predicted molar refractivity (Wildman–Crippen MR) is 132 cm³/mol. The number of carboxylic acids is 1. The zero-order valence-corrected chi connectivity index (χ0v) is 19.5. The van der Waals surface area contributed by atoms with Crippen LogP contribution in [0.15, 0.2) is 78.0 Å². The van der Waals surface area contributed by atoms with E-state index >= 15 is 0 Å². The average Bonchev–Trinajstić information content (AvgIpc) is 2.83. The van der Waals surface area contributed by atoms with Crippen LogP contribution in [-0.2, 0) is 16.1 Å². The maximum absolute atomic E-state index is 14.4.